The number of nitrogens with zero attached hydrogens (tertiary/aromatic N) is 3. The second-order valence-electron chi connectivity index (χ2n) is 3.89. The van der Waals surface area contributed by atoms with E-state index >= 15 is 0 Å². The van der Waals surface area contributed by atoms with Crippen LogP contribution in [0.2, 0.25) is 0 Å². The molecule has 2 N–H and O–H groups in total. The molecular formula is C12H22N4O2. The number of methoxy groups -OCH3 is 1. The van der Waals surface area contributed by atoms with Crippen molar-refractivity contribution in [1.82, 2.24) is 9.97 Å². The largest absolute Gasteiger partial charge is 0.395 e. The highest BCUT2D eigenvalue weighted by molar-refractivity contribution is 5.48. The second kappa shape index (κ2) is 8.66. The van der Waals surface area contributed by atoms with Crippen LogP contribution in [-0.2, 0) is 4.74 Å². The van der Waals surface area contributed by atoms with Crippen molar-refractivity contribution in [3.63, 3.8) is 0 Å². The Morgan fingerprint density at radius 3 is 2.89 bits per heavy atom. The topological polar surface area (TPSA) is 70.5 Å². The van der Waals surface area contributed by atoms with Crippen molar-refractivity contribution in [2.45, 2.75) is 13.3 Å². The lowest BCUT2D eigenvalue weighted by Crippen LogP contribution is -2.31. The van der Waals surface area contributed by atoms with Crippen LogP contribution in [0.4, 0.5) is 11.6 Å². The van der Waals surface area contributed by atoms with Crippen LogP contribution in [0.15, 0.2) is 12.4 Å². The summed E-state index contributed by atoms with van der Waals surface area (Å²) in [5, 5.41) is 12.3. The molecular weight excluding hydrogens is 232 g/mol. The molecule has 0 unspecified atom stereocenters. The SMILES string of the molecule is CCCNc1cc(N(CCO)CCOC)ncn1. The van der Waals surface area contributed by atoms with Gasteiger partial charge in [-0.25, -0.2) is 9.97 Å². The zero-order valence-electron chi connectivity index (χ0n) is 11.1. The number of anilines is 2. The standard InChI is InChI=1S/C12H22N4O2/c1-3-4-13-11-9-12(15-10-14-11)16(5-7-17)6-8-18-2/h9-10,17H,3-8H2,1-2H3,(H,13,14,15). The fraction of sp³-hybridized carbons (Fsp3) is 0.667. The average Bonchev–Trinajstić information content (AvgIpc) is 2.41. The van der Waals surface area contributed by atoms with E-state index in [0.29, 0.717) is 19.7 Å². The lowest BCUT2D eigenvalue weighted by atomic mass is 10.4. The van der Waals surface area contributed by atoms with Gasteiger partial charge >= 0.3 is 0 Å². The Morgan fingerprint density at radius 1 is 1.39 bits per heavy atom. The van der Waals surface area contributed by atoms with Crippen molar-refractivity contribution in [3.8, 4) is 0 Å². The van der Waals surface area contributed by atoms with Gasteiger partial charge in [0.1, 0.15) is 18.0 Å². The van der Waals surface area contributed by atoms with E-state index in [9.17, 15) is 0 Å². The Labute approximate surface area is 108 Å². The van der Waals surface area contributed by atoms with Gasteiger partial charge in [-0.15, -0.1) is 0 Å². The predicted octanol–water partition coefficient (Wildman–Crippen LogP) is 0.744. The quantitative estimate of drug-likeness (QED) is 0.677. The van der Waals surface area contributed by atoms with Gasteiger partial charge in [0.15, 0.2) is 0 Å². The van der Waals surface area contributed by atoms with Gasteiger partial charge in [0.2, 0.25) is 0 Å². The van der Waals surface area contributed by atoms with Gasteiger partial charge in [0.05, 0.1) is 13.2 Å². The van der Waals surface area contributed by atoms with Crippen molar-refractivity contribution in [3.05, 3.63) is 12.4 Å². The highest BCUT2D eigenvalue weighted by atomic mass is 16.5. The van der Waals surface area contributed by atoms with E-state index in [1.807, 2.05) is 11.0 Å². The molecule has 0 aliphatic heterocycles. The summed E-state index contributed by atoms with van der Waals surface area (Å²) in [4.78, 5) is 10.4. The molecule has 0 aliphatic rings. The molecule has 0 aliphatic carbocycles. The zero-order valence-corrected chi connectivity index (χ0v) is 11.1. The molecule has 1 rings (SSSR count). The van der Waals surface area contributed by atoms with Crippen LogP contribution in [0.25, 0.3) is 0 Å². The lowest BCUT2D eigenvalue weighted by molar-refractivity contribution is 0.202. The highest BCUT2D eigenvalue weighted by Crippen LogP contribution is 2.13. The molecule has 0 radical (unpaired) electrons. The van der Waals surface area contributed by atoms with E-state index in [1.165, 1.54) is 6.33 Å². The maximum Gasteiger partial charge on any atom is 0.134 e. The summed E-state index contributed by atoms with van der Waals surface area (Å²) in [7, 11) is 1.66. The fourth-order valence-electron chi connectivity index (χ4n) is 1.53. The second-order valence-corrected chi connectivity index (χ2v) is 3.89. The Bertz CT molecular complexity index is 336. The third-order valence-corrected chi connectivity index (χ3v) is 2.47. The summed E-state index contributed by atoms with van der Waals surface area (Å²) in [6.45, 7) is 4.91. The first-order valence-corrected chi connectivity index (χ1v) is 6.22. The van der Waals surface area contributed by atoms with Crippen LogP contribution in [0.3, 0.4) is 0 Å². The minimum Gasteiger partial charge on any atom is -0.395 e. The summed E-state index contributed by atoms with van der Waals surface area (Å²) in [6.07, 6.45) is 2.58. The summed E-state index contributed by atoms with van der Waals surface area (Å²) < 4.78 is 5.05. The molecule has 1 heterocycles. The van der Waals surface area contributed by atoms with Crippen LogP contribution in [0.1, 0.15) is 13.3 Å². The number of aromatic nitrogens is 2. The van der Waals surface area contributed by atoms with Gasteiger partial charge in [-0.2, -0.15) is 0 Å². The summed E-state index contributed by atoms with van der Waals surface area (Å²) >= 11 is 0. The Hall–Kier alpha value is -1.40. The fourth-order valence-corrected chi connectivity index (χ4v) is 1.53. The van der Waals surface area contributed by atoms with Crippen molar-refractivity contribution in [2.75, 3.05) is 50.2 Å². The van der Waals surface area contributed by atoms with E-state index in [4.69, 9.17) is 9.84 Å². The maximum absolute atomic E-state index is 9.07. The normalized spacial score (nSPS) is 10.4. The molecule has 1 aromatic rings. The maximum atomic E-state index is 9.07. The average molecular weight is 254 g/mol. The number of aliphatic hydroxyl groups is 1. The van der Waals surface area contributed by atoms with E-state index in [2.05, 4.69) is 22.2 Å². The molecule has 1 aromatic heterocycles. The van der Waals surface area contributed by atoms with Crippen LogP contribution in [-0.4, -0.2) is 55.0 Å². The number of ether oxygens (including phenoxy) is 1. The number of aliphatic hydroxyl groups excluding tert-OH is 1. The zero-order chi connectivity index (χ0) is 13.2. The molecule has 0 saturated carbocycles. The van der Waals surface area contributed by atoms with Gasteiger partial charge in [-0.05, 0) is 6.42 Å². The first kappa shape index (κ1) is 14.7. The number of nitrogens with one attached hydrogen (secondary N) is 1. The number of hydrogen-bond acceptors (Lipinski definition) is 6. The van der Waals surface area contributed by atoms with Crippen LogP contribution in [0.5, 0.6) is 0 Å². The minimum atomic E-state index is 0.0887. The molecule has 0 bridgehead atoms. The molecule has 0 spiro atoms. The lowest BCUT2D eigenvalue weighted by Gasteiger charge is -2.22. The Balaban J connectivity index is 2.70. The molecule has 0 atom stereocenters. The third-order valence-electron chi connectivity index (χ3n) is 2.47. The van der Waals surface area contributed by atoms with E-state index in [1.54, 1.807) is 7.11 Å². The number of hydrogen-bond donors (Lipinski definition) is 2. The first-order chi connectivity index (χ1) is 8.81. The molecule has 102 valence electrons. The molecule has 0 fully saturated rings. The van der Waals surface area contributed by atoms with Crippen molar-refractivity contribution < 1.29 is 9.84 Å². The van der Waals surface area contributed by atoms with Crippen molar-refractivity contribution in [2.24, 2.45) is 0 Å². The Kier molecular flexibility index (Phi) is 7.05. The van der Waals surface area contributed by atoms with Gasteiger partial charge in [0, 0.05) is 32.8 Å². The molecule has 6 nitrogen and oxygen atoms in total. The monoisotopic (exact) mass is 254 g/mol. The highest BCUT2D eigenvalue weighted by Gasteiger charge is 2.08. The number of rotatable bonds is 9. The van der Waals surface area contributed by atoms with Crippen molar-refractivity contribution in [1.29, 1.82) is 0 Å². The van der Waals surface area contributed by atoms with E-state index in [0.717, 1.165) is 24.6 Å². The molecule has 0 saturated heterocycles. The van der Waals surface area contributed by atoms with E-state index in [-0.39, 0.29) is 6.61 Å². The van der Waals surface area contributed by atoms with Gasteiger partial charge in [-0.3, -0.25) is 0 Å². The molecule has 18 heavy (non-hydrogen) atoms. The molecule has 0 amide bonds. The molecule has 0 aromatic carbocycles. The Morgan fingerprint density at radius 2 is 2.22 bits per heavy atom. The first-order valence-electron chi connectivity index (χ1n) is 6.22. The smallest absolute Gasteiger partial charge is 0.134 e. The van der Waals surface area contributed by atoms with Crippen LogP contribution < -0.4 is 10.2 Å². The molecule has 6 heteroatoms. The van der Waals surface area contributed by atoms with Crippen molar-refractivity contribution >= 4 is 11.6 Å². The van der Waals surface area contributed by atoms with Gasteiger partial charge in [0.25, 0.3) is 0 Å². The van der Waals surface area contributed by atoms with Crippen LogP contribution in [0, 0.1) is 0 Å². The summed E-state index contributed by atoms with van der Waals surface area (Å²) in [6, 6.07) is 1.89. The minimum absolute atomic E-state index is 0.0887. The van der Waals surface area contributed by atoms with Gasteiger partial charge in [-0.1, -0.05) is 6.92 Å². The van der Waals surface area contributed by atoms with Crippen LogP contribution >= 0.6 is 0 Å². The summed E-state index contributed by atoms with van der Waals surface area (Å²) in [5.41, 5.74) is 0. The summed E-state index contributed by atoms with van der Waals surface area (Å²) in [5.74, 6) is 1.61. The van der Waals surface area contributed by atoms with E-state index < -0.39 is 0 Å². The third kappa shape index (κ3) is 4.85. The van der Waals surface area contributed by atoms with Gasteiger partial charge < -0.3 is 20.1 Å². The predicted molar refractivity (Wildman–Crippen MR) is 72.0 cm³/mol.